The van der Waals surface area contributed by atoms with E-state index < -0.39 is 18.4 Å². The number of carbonyl (C=O) groups excluding carboxylic acids is 1. The van der Waals surface area contributed by atoms with Gasteiger partial charge in [-0.3, -0.25) is 0 Å². The first kappa shape index (κ1) is 32.0. The number of benzene rings is 4. The van der Waals surface area contributed by atoms with Crippen LogP contribution in [0.25, 0.3) is 11.1 Å². The maximum atomic E-state index is 11.8. The van der Waals surface area contributed by atoms with Crippen LogP contribution in [-0.2, 0) is 27.4 Å². The Kier molecular flexibility index (Phi) is 11.1. The maximum absolute atomic E-state index is 11.8. The predicted octanol–water partition coefficient (Wildman–Crippen LogP) is 7.29. The molecule has 0 aliphatic carbocycles. The van der Waals surface area contributed by atoms with E-state index in [-0.39, 0.29) is 31.0 Å². The Balaban J connectivity index is 1.31. The van der Waals surface area contributed by atoms with E-state index in [2.05, 4.69) is 11.9 Å². The van der Waals surface area contributed by atoms with Crippen molar-refractivity contribution < 1.29 is 34.0 Å². The van der Waals surface area contributed by atoms with E-state index in [1.54, 1.807) is 12.1 Å². The smallest absolute Gasteiger partial charge is 0.407 e. The van der Waals surface area contributed by atoms with Crippen molar-refractivity contribution in [1.29, 1.82) is 0 Å². The van der Waals surface area contributed by atoms with Crippen molar-refractivity contribution in [3.8, 4) is 11.1 Å². The van der Waals surface area contributed by atoms with E-state index in [9.17, 15) is 19.8 Å². The summed E-state index contributed by atoms with van der Waals surface area (Å²) in [7, 11) is 0. The van der Waals surface area contributed by atoms with Crippen LogP contribution in [-0.4, -0.2) is 40.7 Å². The molecule has 1 fully saturated rings. The molecule has 0 bridgehead atoms. The number of nitrogens with one attached hydrogen (secondary N) is 1. The number of thioether (sulfide) groups is 1. The first-order valence-electron chi connectivity index (χ1n) is 14.6. The van der Waals surface area contributed by atoms with Gasteiger partial charge in [0.05, 0.1) is 24.4 Å². The van der Waals surface area contributed by atoms with E-state index in [0.717, 1.165) is 33.4 Å². The molecule has 1 aliphatic rings. The van der Waals surface area contributed by atoms with Crippen molar-refractivity contribution in [2.75, 3.05) is 12.4 Å². The Hall–Kier alpha value is -4.41. The van der Waals surface area contributed by atoms with Gasteiger partial charge in [0.15, 0.2) is 6.29 Å². The SMILES string of the molecule is C=CCOC(=O)NCc1cccc(-c2ccc([C@H]3O[C@@H](CSc4ccccc4C(=O)O)C[C@@H](c4ccc(CO)cc4)O3)cc2)c1. The number of rotatable bonds is 12. The summed E-state index contributed by atoms with van der Waals surface area (Å²) in [5.74, 6) is -0.409. The number of carboxylic acid groups (broad SMARTS) is 1. The minimum Gasteiger partial charge on any atom is -0.478 e. The monoisotopic (exact) mass is 625 g/mol. The number of ether oxygens (including phenoxy) is 3. The molecule has 0 saturated carbocycles. The lowest BCUT2D eigenvalue weighted by molar-refractivity contribution is -0.245. The zero-order valence-electron chi connectivity index (χ0n) is 24.6. The fraction of sp³-hybridized carbons (Fsp3) is 0.222. The average molecular weight is 626 g/mol. The molecule has 0 radical (unpaired) electrons. The fourth-order valence-electron chi connectivity index (χ4n) is 5.03. The molecule has 3 N–H and O–H groups in total. The number of hydrogen-bond acceptors (Lipinski definition) is 7. The lowest BCUT2D eigenvalue weighted by Crippen LogP contribution is -2.31. The average Bonchev–Trinajstić information content (AvgIpc) is 3.09. The Morgan fingerprint density at radius 3 is 2.40 bits per heavy atom. The van der Waals surface area contributed by atoms with Crippen molar-refractivity contribution in [1.82, 2.24) is 5.32 Å². The molecule has 1 saturated heterocycles. The number of aliphatic hydroxyl groups is 1. The fourth-order valence-corrected chi connectivity index (χ4v) is 6.09. The van der Waals surface area contributed by atoms with Crippen LogP contribution < -0.4 is 5.32 Å². The van der Waals surface area contributed by atoms with Crippen LogP contribution in [0.4, 0.5) is 4.79 Å². The van der Waals surface area contributed by atoms with Crippen molar-refractivity contribution in [2.45, 2.75) is 43.0 Å². The summed E-state index contributed by atoms with van der Waals surface area (Å²) in [6.07, 6.45) is 0.523. The summed E-state index contributed by atoms with van der Waals surface area (Å²) in [5.41, 5.74) is 5.87. The van der Waals surface area contributed by atoms with E-state index >= 15 is 0 Å². The molecule has 1 heterocycles. The summed E-state index contributed by atoms with van der Waals surface area (Å²) in [4.78, 5) is 24.2. The van der Waals surface area contributed by atoms with E-state index in [1.807, 2.05) is 84.9 Å². The molecule has 0 unspecified atom stereocenters. The van der Waals surface area contributed by atoms with Gasteiger partial charge in [-0.25, -0.2) is 9.59 Å². The summed E-state index contributed by atoms with van der Waals surface area (Å²) in [6, 6.07) is 30.6. The molecule has 3 atom stereocenters. The summed E-state index contributed by atoms with van der Waals surface area (Å²) in [5, 5.41) is 21.8. The molecule has 1 amide bonds. The standard InChI is InChI=1S/C36H35NO7S/c1-2-18-42-36(41)37-21-25-6-5-7-29(19-25)26-14-16-28(17-15-26)35-43-30(23-45-33-9-4-3-8-31(33)34(39)40)20-32(44-35)27-12-10-24(22-38)11-13-27/h2-17,19,30,32,35,38H,1,18,20-23H2,(H,37,41)(H,39,40)/t30-,32+,35+/m1/s1. The highest BCUT2D eigenvalue weighted by Crippen LogP contribution is 2.40. The van der Waals surface area contributed by atoms with Gasteiger partial charge in [0, 0.05) is 29.2 Å². The topological polar surface area (TPSA) is 114 Å². The number of aromatic carboxylic acids is 1. The highest BCUT2D eigenvalue weighted by atomic mass is 32.2. The highest BCUT2D eigenvalue weighted by Gasteiger charge is 2.32. The van der Waals surface area contributed by atoms with Gasteiger partial charge in [0.1, 0.15) is 6.61 Å². The van der Waals surface area contributed by atoms with E-state index in [4.69, 9.17) is 14.2 Å². The largest absolute Gasteiger partial charge is 0.478 e. The second-order valence-corrected chi connectivity index (χ2v) is 11.6. The molecule has 0 spiro atoms. The molecule has 4 aromatic rings. The van der Waals surface area contributed by atoms with Gasteiger partial charge in [0.2, 0.25) is 0 Å². The quantitative estimate of drug-likeness (QED) is 0.111. The normalized spacial score (nSPS) is 17.8. The maximum Gasteiger partial charge on any atom is 0.407 e. The second-order valence-electron chi connectivity index (χ2n) is 10.5. The number of carbonyl (C=O) groups is 2. The molecular formula is C36H35NO7S. The predicted molar refractivity (Wildman–Crippen MR) is 173 cm³/mol. The van der Waals surface area contributed by atoms with Gasteiger partial charge in [-0.1, -0.05) is 91.5 Å². The van der Waals surface area contributed by atoms with E-state index in [0.29, 0.717) is 23.6 Å². The Morgan fingerprint density at radius 1 is 0.911 bits per heavy atom. The summed E-state index contributed by atoms with van der Waals surface area (Å²) >= 11 is 1.46. The van der Waals surface area contributed by atoms with Crippen LogP contribution in [0.5, 0.6) is 0 Å². The first-order chi connectivity index (χ1) is 21.9. The first-order valence-corrected chi connectivity index (χ1v) is 15.6. The zero-order valence-corrected chi connectivity index (χ0v) is 25.5. The molecule has 9 heteroatoms. The second kappa shape index (κ2) is 15.5. The van der Waals surface area contributed by atoms with Crippen LogP contribution in [0.1, 0.15) is 51.4 Å². The van der Waals surface area contributed by atoms with Gasteiger partial charge in [0.25, 0.3) is 0 Å². The van der Waals surface area contributed by atoms with Crippen LogP contribution in [0, 0.1) is 0 Å². The highest BCUT2D eigenvalue weighted by molar-refractivity contribution is 7.99. The minimum absolute atomic E-state index is 0.0339. The lowest BCUT2D eigenvalue weighted by Gasteiger charge is -2.36. The lowest BCUT2D eigenvalue weighted by atomic mass is 9.99. The number of carboxylic acids is 1. The molecule has 4 aromatic carbocycles. The Morgan fingerprint density at radius 2 is 1.67 bits per heavy atom. The number of amides is 1. The van der Waals surface area contributed by atoms with Gasteiger partial charge >= 0.3 is 12.1 Å². The minimum atomic E-state index is -0.960. The molecule has 232 valence electrons. The molecule has 1 aliphatic heterocycles. The van der Waals surface area contributed by atoms with Crippen LogP contribution in [0.3, 0.4) is 0 Å². The molecule has 5 rings (SSSR count). The van der Waals surface area contributed by atoms with Crippen molar-refractivity contribution in [2.24, 2.45) is 0 Å². The van der Waals surface area contributed by atoms with Gasteiger partial charge < -0.3 is 29.7 Å². The van der Waals surface area contributed by atoms with Crippen LogP contribution in [0.15, 0.2) is 115 Å². The van der Waals surface area contributed by atoms with Crippen LogP contribution >= 0.6 is 11.8 Å². The van der Waals surface area contributed by atoms with Crippen LogP contribution in [0.2, 0.25) is 0 Å². The third kappa shape index (κ3) is 8.61. The van der Waals surface area contributed by atoms with Gasteiger partial charge in [-0.05, 0) is 46.0 Å². The molecular weight excluding hydrogens is 590 g/mol. The third-order valence-electron chi connectivity index (χ3n) is 7.37. The van der Waals surface area contributed by atoms with Crippen molar-refractivity contribution in [3.63, 3.8) is 0 Å². The van der Waals surface area contributed by atoms with Gasteiger partial charge in [-0.15, -0.1) is 11.8 Å². The van der Waals surface area contributed by atoms with Crippen molar-refractivity contribution >= 4 is 23.8 Å². The summed E-state index contributed by atoms with van der Waals surface area (Å²) in [6.45, 7) is 4.00. The van der Waals surface area contributed by atoms with Gasteiger partial charge in [-0.2, -0.15) is 0 Å². The molecule has 8 nitrogen and oxygen atoms in total. The Labute approximate surface area is 266 Å². The summed E-state index contributed by atoms with van der Waals surface area (Å²) < 4.78 is 17.9. The molecule has 0 aromatic heterocycles. The van der Waals surface area contributed by atoms with Crippen molar-refractivity contribution in [3.05, 3.63) is 138 Å². The number of alkyl carbamates (subject to hydrolysis) is 1. The zero-order chi connectivity index (χ0) is 31.6. The number of aliphatic hydroxyl groups excluding tert-OH is 1. The molecule has 45 heavy (non-hydrogen) atoms. The third-order valence-corrected chi connectivity index (χ3v) is 8.57. The van der Waals surface area contributed by atoms with E-state index in [1.165, 1.54) is 17.8 Å². The Bertz CT molecular complexity index is 1610. The number of hydrogen-bond donors (Lipinski definition) is 3.